The van der Waals surface area contributed by atoms with Crippen molar-refractivity contribution < 1.29 is 262 Å². The topological polar surface area (TPSA) is 0 Å². The van der Waals surface area contributed by atoms with Crippen molar-refractivity contribution in [1.29, 1.82) is 0 Å². The van der Waals surface area contributed by atoms with E-state index in [1.54, 1.807) is 0 Å². The average molecular weight is 1190 g/mol. The third kappa shape index (κ3) is 33.1. The van der Waals surface area contributed by atoms with Gasteiger partial charge in [-0.15, -0.1) is 0 Å². The van der Waals surface area contributed by atoms with E-state index in [0.29, 0.717) is 0 Å². The number of hydrogen-bond acceptors (Lipinski definition) is 0. The zero-order valence-electron chi connectivity index (χ0n) is 28.3. The second kappa shape index (κ2) is 52.6. The first-order valence-corrected chi connectivity index (χ1v) is 11.5. The molecule has 0 nitrogen and oxygen atoms in total. The molecule has 0 aliphatic carbocycles. The Hall–Kier alpha value is 5.19. The molecule has 0 heterocycles. The Morgan fingerprint density at radius 1 is 0.273 bits per heavy atom. The number of rotatable bonds is 5. The van der Waals surface area contributed by atoms with E-state index in [1.807, 2.05) is 39.8 Å². The Labute approximate surface area is 475 Å². The predicted molar refractivity (Wildman–Crippen MR) is 171 cm³/mol. The van der Waals surface area contributed by atoms with E-state index in [1.165, 1.54) is 33.4 Å². The van der Waals surface area contributed by atoms with E-state index in [2.05, 4.69) is 121 Å². The molecule has 0 saturated carbocycles. The van der Waals surface area contributed by atoms with Gasteiger partial charge in [0.25, 0.3) is 0 Å². The Balaban J connectivity index is -0.0000000728. The summed E-state index contributed by atoms with van der Waals surface area (Å²) in [5, 5.41) is 0. The molecule has 218 valence electrons. The van der Waals surface area contributed by atoms with Gasteiger partial charge in [-0.05, 0) is 33.4 Å². The first kappa shape index (κ1) is 78.3. The summed E-state index contributed by atoms with van der Waals surface area (Å²) in [6, 6.07) is 38.1. The third-order valence-corrected chi connectivity index (χ3v) is 4.69. The van der Waals surface area contributed by atoms with Crippen molar-refractivity contribution in [3.8, 4) is 11.1 Å². The first-order valence-electron chi connectivity index (χ1n) is 11.5. The molecule has 0 atom stereocenters. The molecule has 44 heavy (non-hydrogen) atoms. The van der Waals surface area contributed by atoms with Gasteiger partial charge in [-0.2, -0.15) is 0 Å². The largest absolute Gasteiger partial charge is 0.358 e. The minimum atomic E-state index is 0. The molecule has 0 amide bonds. The summed E-state index contributed by atoms with van der Waals surface area (Å²) in [6.07, 6.45) is 8.58. The van der Waals surface area contributed by atoms with Gasteiger partial charge in [0.2, 0.25) is 0 Å². The maximum Gasteiger partial charge on any atom is 0 e. The predicted octanol–water partition coefficient (Wildman–Crippen LogP) is 11.5. The van der Waals surface area contributed by atoms with E-state index < -0.39 is 0 Å². The fourth-order valence-electron chi connectivity index (χ4n) is 3.09. The van der Waals surface area contributed by atoms with Gasteiger partial charge in [0.05, 0.1) is 0 Å². The van der Waals surface area contributed by atoms with E-state index >= 15 is 0 Å². The van der Waals surface area contributed by atoms with Gasteiger partial charge in [-0.1, -0.05) is 161 Å². The molecule has 4 aromatic carbocycles. The Bertz CT molecular complexity index is 992. The molecule has 8 radical (unpaired) electrons. The van der Waals surface area contributed by atoms with Crippen molar-refractivity contribution >= 4 is 24.3 Å². The van der Waals surface area contributed by atoms with Crippen molar-refractivity contribution in [1.82, 2.24) is 0 Å². The van der Waals surface area contributed by atoms with Gasteiger partial charge in [0.1, 0.15) is 0 Å². The third-order valence-electron chi connectivity index (χ3n) is 4.69. The van der Waals surface area contributed by atoms with Crippen molar-refractivity contribution in [3.05, 3.63) is 161 Å². The van der Waals surface area contributed by atoms with E-state index in [0.717, 1.165) is 0 Å². The minimum absolute atomic E-state index is 0. The standard InChI is InChI=1S/C28H22.2C2H6.4CH3.8Y/c1-3-7-23(8-4-1)11-13-25-15-19-27(20-16-25)28-21-17-26(18-22-28)14-12-24-9-5-2-6-10-24;2*1-2;;;;;;;;;;;;/h1-22H;2*1-2H3;4*1H3;;;;;;;;/q;;;4*-1;;;;;;;;. The van der Waals surface area contributed by atoms with Crippen molar-refractivity contribution in [3.63, 3.8) is 0 Å². The van der Waals surface area contributed by atoms with Crippen LogP contribution in [0.5, 0.6) is 0 Å². The van der Waals surface area contributed by atoms with E-state index in [4.69, 9.17) is 0 Å². The summed E-state index contributed by atoms with van der Waals surface area (Å²) in [6.45, 7) is 8.00. The molecule has 4 rings (SSSR count). The van der Waals surface area contributed by atoms with Gasteiger partial charge < -0.3 is 29.7 Å². The maximum atomic E-state index is 2.18. The van der Waals surface area contributed by atoms with E-state index in [-0.39, 0.29) is 291 Å². The molecule has 0 spiro atoms. The maximum absolute atomic E-state index is 2.18. The number of benzene rings is 4. The van der Waals surface area contributed by atoms with Crippen LogP contribution in [-0.4, -0.2) is 0 Å². The smallest absolute Gasteiger partial charge is 0 e. The van der Waals surface area contributed by atoms with Crippen LogP contribution in [-0.2, 0) is 262 Å². The normalized spacial score (nSPS) is 7.45. The summed E-state index contributed by atoms with van der Waals surface area (Å²) < 4.78 is 0. The van der Waals surface area contributed by atoms with Crippen molar-refractivity contribution in [2.24, 2.45) is 0 Å². The van der Waals surface area contributed by atoms with Crippen molar-refractivity contribution in [2.75, 3.05) is 0 Å². The van der Waals surface area contributed by atoms with Crippen LogP contribution in [0.15, 0.2) is 109 Å². The summed E-state index contributed by atoms with van der Waals surface area (Å²) in [5.41, 5.74) is 7.30. The SMILES string of the molecule is C(=Cc1ccc(-c2ccc(C=Cc3ccccc3)cc2)cc1)c1ccccc1.CC.CC.[CH3-].[CH3-].[CH3-].[CH3-].[Y].[Y].[Y].[Y].[Y].[Y].[Y].[Y]. The second-order valence-corrected chi connectivity index (χ2v) is 6.73. The van der Waals surface area contributed by atoms with Crippen LogP contribution in [0.4, 0.5) is 0 Å². The van der Waals surface area contributed by atoms with Crippen LogP contribution in [0.3, 0.4) is 0 Å². The molecular weight excluding hydrogens is 1140 g/mol. The van der Waals surface area contributed by atoms with E-state index in [9.17, 15) is 0 Å². The summed E-state index contributed by atoms with van der Waals surface area (Å²) in [4.78, 5) is 0. The minimum Gasteiger partial charge on any atom is -0.358 e. The first-order chi connectivity index (χ1) is 15.9. The molecule has 0 unspecified atom stereocenters. The Kier molecular flexibility index (Phi) is 93.5. The molecule has 0 aliphatic heterocycles. The monoisotopic (exact) mass is 1190 g/mol. The van der Waals surface area contributed by atoms with Crippen LogP contribution in [0, 0.1) is 29.7 Å². The second-order valence-electron chi connectivity index (χ2n) is 6.73. The van der Waals surface area contributed by atoms with Gasteiger partial charge in [0, 0.05) is 262 Å². The zero-order chi connectivity index (χ0) is 23.0. The fraction of sp³-hybridized carbons (Fsp3) is 0.111. The average Bonchev–Trinajstić information content (AvgIpc) is 2.90. The van der Waals surface area contributed by atoms with Crippen LogP contribution in [0.2, 0.25) is 0 Å². The molecular formula is C36H46Y8-4. The number of hydrogen-bond donors (Lipinski definition) is 0. The molecule has 0 N–H and O–H groups in total. The van der Waals surface area contributed by atoms with Gasteiger partial charge in [-0.3, -0.25) is 0 Å². The molecule has 0 saturated heterocycles. The quantitative estimate of drug-likeness (QED) is 0.138. The summed E-state index contributed by atoms with van der Waals surface area (Å²) >= 11 is 0. The molecule has 0 aromatic heterocycles. The van der Waals surface area contributed by atoms with Crippen molar-refractivity contribution in [2.45, 2.75) is 27.7 Å². The van der Waals surface area contributed by atoms with Crippen LogP contribution in [0.1, 0.15) is 49.9 Å². The van der Waals surface area contributed by atoms with Gasteiger partial charge >= 0.3 is 0 Å². The molecule has 4 aromatic rings. The Morgan fingerprint density at radius 3 is 0.659 bits per heavy atom. The molecule has 0 bridgehead atoms. The summed E-state index contributed by atoms with van der Waals surface area (Å²) in [5.74, 6) is 0. The van der Waals surface area contributed by atoms with Crippen LogP contribution < -0.4 is 0 Å². The zero-order valence-corrected chi connectivity index (χ0v) is 51.0. The Morgan fingerprint density at radius 2 is 0.455 bits per heavy atom. The van der Waals surface area contributed by atoms with Gasteiger partial charge in [-0.25, -0.2) is 0 Å². The van der Waals surface area contributed by atoms with Crippen LogP contribution >= 0.6 is 0 Å². The molecule has 8 heteroatoms. The van der Waals surface area contributed by atoms with Gasteiger partial charge in [0.15, 0.2) is 0 Å². The molecule has 0 aliphatic rings. The summed E-state index contributed by atoms with van der Waals surface area (Å²) in [7, 11) is 0. The van der Waals surface area contributed by atoms with Crippen LogP contribution in [0.25, 0.3) is 35.4 Å². The molecule has 0 fully saturated rings. The fourth-order valence-corrected chi connectivity index (χ4v) is 3.09.